The molecule has 1 aromatic carbocycles. The molecule has 2 rings (SSSR count). The predicted octanol–water partition coefficient (Wildman–Crippen LogP) is 2.42. The van der Waals surface area contributed by atoms with Crippen molar-refractivity contribution in [1.29, 1.82) is 0 Å². The third-order valence-electron chi connectivity index (χ3n) is 3.52. The monoisotopic (exact) mass is 364 g/mol. The van der Waals surface area contributed by atoms with Gasteiger partial charge in [0.25, 0.3) is 11.8 Å². The smallest absolute Gasteiger partial charge is 0.446 e. The number of halogens is 3. The van der Waals surface area contributed by atoms with Crippen LogP contribution < -0.4 is 10.2 Å². The van der Waals surface area contributed by atoms with Gasteiger partial charge in [0.2, 0.25) is 0 Å². The zero-order valence-electron chi connectivity index (χ0n) is 12.6. The van der Waals surface area contributed by atoms with Crippen LogP contribution in [0.25, 0.3) is 0 Å². The van der Waals surface area contributed by atoms with E-state index < -0.39 is 23.4 Å². The molecule has 0 radical (unpaired) electrons. The molecule has 0 saturated carbocycles. The van der Waals surface area contributed by atoms with Crippen LogP contribution in [0.1, 0.15) is 23.2 Å². The maximum Gasteiger partial charge on any atom is 0.446 e. The molecule has 1 fully saturated rings. The van der Waals surface area contributed by atoms with Gasteiger partial charge in [0, 0.05) is 17.0 Å². The summed E-state index contributed by atoms with van der Waals surface area (Å²) in [4.78, 5) is 25.2. The zero-order chi connectivity index (χ0) is 17.9. The number of nitrogens with one attached hydrogen (secondary N) is 1. The second-order valence-electron chi connectivity index (χ2n) is 5.08. The van der Waals surface area contributed by atoms with Gasteiger partial charge in [0.15, 0.2) is 0 Å². The van der Waals surface area contributed by atoms with E-state index in [2.05, 4.69) is 0 Å². The molecule has 0 unspecified atom stereocenters. The minimum Gasteiger partial charge on any atom is -0.497 e. The third kappa shape index (κ3) is 4.32. The number of ether oxygens (including phenoxy) is 1. The van der Waals surface area contributed by atoms with E-state index in [1.807, 2.05) is 0 Å². The number of carbonyl (C=O) groups excluding carboxylic acids is 2. The Kier molecular flexibility index (Phi) is 5.60. The van der Waals surface area contributed by atoms with E-state index in [9.17, 15) is 22.8 Å². The minimum atomic E-state index is -4.50. The molecule has 1 saturated heterocycles. The van der Waals surface area contributed by atoms with E-state index in [-0.39, 0.29) is 34.5 Å². The van der Waals surface area contributed by atoms with Gasteiger partial charge in [-0.15, -0.1) is 0 Å². The predicted molar refractivity (Wildman–Crippen MR) is 78.9 cm³/mol. The molecule has 1 aliphatic rings. The van der Waals surface area contributed by atoms with Crippen LogP contribution in [0.3, 0.4) is 0 Å². The first kappa shape index (κ1) is 18.4. The van der Waals surface area contributed by atoms with Crippen LogP contribution in [0.15, 0.2) is 23.1 Å². The number of hydrogen-bond donors (Lipinski definition) is 2. The zero-order valence-corrected chi connectivity index (χ0v) is 13.4. The molecule has 0 aliphatic carbocycles. The van der Waals surface area contributed by atoms with Crippen molar-refractivity contribution in [3.63, 3.8) is 0 Å². The Morgan fingerprint density at radius 3 is 2.67 bits per heavy atom. The molecule has 10 heteroatoms. The number of likely N-dealkylation sites (tertiary alicyclic amines) is 1. The molecule has 1 aliphatic heterocycles. The number of thioether (sulfide) groups is 1. The standard InChI is InChI=1S/C14H15F3N2O4S/c1-23-9-5-8(6-10(7-9)24-14(15,16)17)13(21)19-4-2-3-11(19)12(20)18-22/h5-7,11,22H,2-4H2,1H3,(H,18,20)/t11-/m1/s1. The van der Waals surface area contributed by atoms with Gasteiger partial charge < -0.3 is 9.64 Å². The summed E-state index contributed by atoms with van der Waals surface area (Å²) >= 11 is -0.354. The molecule has 0 bridgehead atoms. The van der Waals surface area contributed by atoms with Crippen molar-refractivity contribution in [2.45, 2.75) is 29.3 Å². The lowest BCUT2D eigenvalue weighted by molar-refractivity contribution is -0.133. The Balaban J connectivity index is 2.31. The maximum absolute atomic E-state index is 12.6. The van der Waals surface area contributed by atoms with Crippen LogP contribution in [-0.2, 0) is 4.79 Å². The van der Waals surface area contributed by atoms with Gasteiger partial charge in [-0.1, -0.05) is 0 Å². The van der Waals surface area contributed by atoms with E-state index in [1.54, 1.807) is 0 Å². The quantitative estimate of drug-likeness (QED) is 0.487. The average Bonchev–Trinajstić information content (AvgIpc) is 3.00. The van der Waals surface area contributed by atoms with Crippen LogP contribution >= 0.6 is 11.8 Å². The summed E-state index contributed by atoms with van der Waals surface area (Å²) in [5.74, 6) is -1.22. The Labute approximate surface area is 139 Å². The van der Waals surface area contributed by atoms with Gasteiger partial charge in [-0.25, -0.2) is 5.48 Å². The highest BCUT2D eigenvalue weighted by Gasteiger charge is 2.35. The first-order valence-electron chi connectivity index (χ1n) is 6.95. The van der Waals surface area contributed by atoms with Crippen LogP contribution in [0.4, 0.5) is 13.2 Å². The lowest BCUT2D eigenvalue weighted by Crippen LogP contribution is -2.45. The number of benzene rings is 1. The van der Waals surface area contributed by atoms with E-state index >= 15 is 0 Å². The van der Waals surface area contributed by atoms with Crippen molar-refractivity contribution < 1.29 is 32.7 Å². The van der Waals surface area contributed by atoms with Crippen LogP contribution in [-0.4, -0.2) is 47.1 Å². The lowest BCUT2D eigenvalue weighted by atomic mass is 10.1. The Hall–Kier alpha value is -1.94. The first-order valence-corrected chi connectivity index (χ1v) is 7.76. The van der Waals surface area contributed by atoms with Crippen LogP contribution in [0.2, 0.25) is 0 Å². The summed E-state index contributed by atoms with van der Waals surface area (Å²) in [6.45, 7) is 0.274. The second kappa shape index (κ2) is 7.31. The Morgan fingerprint density at radius 1 is 1.38 bits per heavy atom. The van der Waals surface area contributed by atoms with Gasteiger partial charge in [-0.2, -0.15) is 13.2 Å². The number of amides is 2. The average molecular weight is 364 g/mol. The van der Waals surface area contributed by atoms with E-state index in [0.29, 0.717) is 12.8 Å². The third-order valence-corrected chi connectivity index (χ3v) is 4.23. The summed E-state index contributed by atoms with van der Waals surface area (Å²) in [6, 6.07) is 2.74. The Morgan fingerprint density at radius 2 is 2.08 bits per heavy atom. The summed E-state index contributed by atoms with van der Waals surface area (Å²) in [5, 5.41) is 8.73. The molecule has 0 aromatic heterocycles. The fourth-order valence-corrected chi connectivity index (χ4v) is 3.16. The number of hydroxylamine groups is 1. The summed E-state index contributed by atoms with van der Waals surface area (Å²) in [7, 11) is 1.28. The van der Waals surface area contributed by atoms with E-state index in [4.69, 9.17) is 9.94 Å². The topological polar surface area (TPSA) is 78.9 Å². The first-order chi connectivity index (χ1) is 11.2. The summed E-state index contributed by atoms with van der Waals surface area (Å²) < 4.78 is 42.7. The SMILES string of the molecule is COc1cc(SC(F)(F)F)cc(C(=O)N2CCC[C@@H]2C(=O)NO)c1. The van der Waals surface area contributed by atoms with Crippen LogP contribution in [0, 0.1) is 0 Å². The van der Waals surface area contributed by atoms with E-state index in [0.717, 1.165) is 6.07 Å². The molecule has 1 atom stereocenters. The minimum absolute atomic E-state index is 0.0151. The van der Waals surface area contributed by atoms with Gasteiger partial charge in [-0.3, -0.25) is 14.8 Å². The normalized spacial score (nSPS) is 17.7. The number of methoxy groups -OCH3 is 1. The molecule has 1 heterocycles. The van der Waals surface area contributed by atoms with Crippen molar-refractivity contribution in [3.05, 3.63) is 23.8 Å². The molecular formula is C14H15F3N2O4S. The molecule has 6 nitrogen and oxygen atoms in total. The van der Waals surface area contributed by atoms with Gasteiger partial charge in [-0.05, 0) is 42.8 Å². The van der Waals surface area contributed by atoms with Gasteiger partial charge in [0.05, 0.1) is 7.11 Å². The molecule has 2 amide bonds. The number of nitrogens with zero attached hydrogens (tertiary/aromatic N) is 1. The number of hydrogen-bond acceptors (Lipinski definition) is 5. The largest absolute Gasteiger partial charge is 0.497 e. The lowest BCUT2D eigenvalue weighted by Gasteiger charge is -2.23. The maximum atomic E-state index is 12.6. The molecular weight excluding hydrogens is 349 g/mol. The van der Waals surface area contributed by atoms with Crippen molar-refractivity contribution in [2.24, 2.45) is 0 Å². The number of alkyl halides is 3. The second-order valence-corrected chi connectivity index (χ2v) is 6.22. The summed E-state index contributed by atoms with van der Waals surface area (Å²) in [5.41, 5.74) is -3.02. The fourth-order valence-electron chi connectivity index (χ4n) is 2.53. The van der Waals surface area contributed by atoms with Crippen molar-refractivity contribution in [1.82, 2.24) is 10.4 Å². The van der Waals surface area contributed by atoms with Crippen molar-refractivity contribution >= 4 is 23.6 Å². The molecule has 24 heavy (non-hydrogen) atoms. The molecule has 0 spiro atoms. The van der Waals surface area contributed by atoms with Gasteiger partial charge in [0.1, 0.15) is 11.8 Å². The highest BCUT2D eigenvalue weighted by molar-refractivity contribution is 8.00. The summed E-state index contributed by atoms with van der Waals surface area (Å²) in [6.07, 6.45) is 0.921. The fraction of sp³-hybridized carbons (Fsp3) is 0.429. The number of carbonyl (C=O) groups is 2. The molecule has 132 valence electrons. The Bertz CT molecular complexity index is 639. The molecule has 1 aromatic rings. The highest BCUT2D eigenvalue weighted by atomic mass is 32.2. The van der Waals surface area contributed by atoms with Crippen molar-refractivity contribution in [3.8, 4) is 5.75 Å². The van der Waals surface area contributed by atoms with Crippen molar-refractivity contribution in [2.75, 3.05) is 13.7 Å². The molecule has 2 N–H and O–H groups in total. The van der Waals surface area contributed by atoms with Gasteiger partial charge >= 0.3 is 5.51 Å². The van der Waals surface area contributed by atoms with E-state index in [1.165, 1.54) is 29.6 Å². The number of rotatable bonds is 4. The van der Waals surface area contributed by atoms with Crippen LogP contribution in [0.5, 0.6) is 5.75 Å². The highest BCUT2D eigenvalue weighted by Crippen LogP contribution is 2.39.